The first-order chi connectivity index (χ1) is 18.2. The van der Waals surface area contributed by atoms with Gasteiger partial charge in [0.2, 0.25) is 0 Å². The van der Waals surface area contributed by atoms with Crippen molar-refractivity contribution in [3.8, 4) is 0 Å². The fourth-order valence-electron chi connectivity index (χ4n) is 5.00. The zero-order valence-corrected chi connectivity index (χ0v) is 25.1. The minimum atomic E-state index is -3.51. The molecule has 2 aliphatic rings. The first-order valence-electron chi connectivity index (χ1n) is 12.8. The lowest BCUT2D eigenvalue weighted by Gasteiger charge is -2.46. The van der Waals surface area contributed by atoms with Crippen LogP contribution in [0.3, 0.4) is 0 Å². The average molecular weight is 590 g/mol. The molecule has 1 amide bonds. The minimum absolute atomic E-state index is 0.0720. The topological polar surface area (TPSA) is 66.9 Å². The summed E-state index contributed by atoms with van der Waals surface area (Å²) in [7, 11) is -1.88. The molecule has 39 heavy (non-hydrogen) atoms. The molecule has 0 N–H and O–H groups in total. The van der Waals surface area contributed by atoms with Crippen LogP contribution in [0.5, 0.6) is 0 Å². The van der Waals surface area contributed by atoms with Crippen LogP contribution in [0.2, 0.25) is 10.0 Å². The van der Waals surface area contributed by atoms with Gasteiger partial charge in [-0.1, -0.05) is 53.5 Å². The summed E-state index contributed by atoms with van der Waals surface area (Å²) in [5.41, 5.74) is 2.78. The molecule has 1 aliphatic carbocycles. The van der Waals surface area contributed by atoms with E-state index in [0.29, 0.717) is 45.7 Å². The molecule has 9 heteroatoms. The van der Waals surface area contributed by atoms with Crippen LogP contribution in [0.25, 0.3) is 0 Å². The van der Waals surface area contributed by atoms with Crippen molar-refractivity contribution in [3.63, 3.8) is 0 Å². The summed E-state index contributed by atoms with van der Waals surface area (Å²) in [5, 5.41) is 1.31. The van der Waals surface area contributed by atoms with E-state index in [9.17, 15) is 13.2 Å². The third-order valence-corrected chi connectivity index (χ3v) is 8.63. The number of amides is 1. The summed E-state index contributed by atoms with van der Waals surface area (Å²) >= 11 is 12.3. The molecule has 4 rings (SSSR count). The van der Waals surface area contributed by atoms with Gasteiger partial charge in [-0.3, -0.25) is 9.80 Å². The lowest BCUT2D eigenvalue weighted by atomic mass is 9.88. The zero-order valence-electron chi connectivity index (χ0n) is 22.8. The summed E-state index contributed by atoms with van der Waals surface area (Å²) in [6.07, 6.45) is 6.73. The average Bonchev–Trinajstić information content (AvgIpc) is 2.82. The molecule has 0 bridgehead atoms. The van der Waals surface area contributed by atoms with Crippen molar-refractivity contribution in [3.05, 3.63) is 104 Å². The molecule has 1 aliphatic heterocycles. The third kappa shape index (κ3) is 7.14. The second-order valence-corrected chi connectivity index (χ2v) is 13.9. The SMILES string of the molecule is CN(C(=O)OC(C)(C)C)C1=CC(=C(C2CN(C(c3ccc(Cl)cc3)c3ccc(Cl)cc3)C2)S(C)(=O)=O)CC=C1. The third-order valence-electron chi connectivity index (χ3n) is 6.74. The molecule has 1 heterocycles. The number of halogens is 2. The Morgan fingerprint density at radius 2 is 1.51 bits per heavy atom. The molecule has 0 spiro atoms. The van der Waals surface area contributed by atoms with Gasteiger partial charge in [0.05, 0.1) is 10.9 Å². The fourth-order valence-corrected chi connectivity index (χ4v) is 6.63. The van der Waals surface area contributed by atoms with Crippen molar-refractivity contribution in [1.82, 2.24) is 9.80 Å². The van der Waals surface area contributed by atoms with Crippen LogP contribution in [0, 0.1) is 5.92 Å². The van der Waals surface area contributed by atoms with Crippen molar-refractivity contribution in [1.29, 1.82) is 0 Å². The number of nitrogens with zero attached hydrogens (tertiary/aromatic N) is 2. The second kappa shape index (κ2) is 11.5. The molecule has 0 unspecified atom stereocenters. The van der Waals surface area contributed by atoms with Gasteiger partial charge in [0.1, 0.15) is 5.60 Å². The Labute approximate surface area is 241 Å². The Bertz CT molecular complexity index is 1370. The Kier molecular flexibility index (Phi) is 8.67. The molecule has 0 radical (unpaired) electrons. The van der Waals surface area contributed by atoms with E-state index in [4.69, 9.17) is 27.9 Å². The summed E-state index contributed by atoms with van der Waals surface area (Å²) in [6, 6.07) is 15.4. The van der Waals surface area contributed by atoms with Gasteiger partial charge >= 0.3 is 6.09 Å². The number of rotatable bonds is 6. The standard InChI is InChI=1S/C30H34Cl2N2O4S/c1-30(2,3)38-29(35)33(4)26-8-6-7-22(17-26)28(39(5,36)37)23-18-34(19-23)27(20-9-13-24(31)14-10-20)21-11-15-25(32)16-12-21/h6,8-17,23,27H,7,18-19H2,1-5H3. The number of ether oxygens (including phenoxy) is 1. The predicted molar refractivity (Wildman–Crippen MR) is 158 cm³/mol. The van der Waals surface area contributed by atoms with Crippen LogP contribution < -0.4 is 0 Å². The number of benzene rings is 2. The van der Waals surface area contributed by atoms with E-state index in [0.717, 1.165) is 11.1 Å². The van der Waals surface area contributed by atoms with Crippen LogP contribution in [0.15, 0.2) is 82.9 Å². The maximum atomic E-state index is 13.1. The number of hydrogen-bond acceptors (Lipinski definition) is 5. The molecule has 0 atom stereocenters. The number of allylic oxidation sites excluding steroid dienone is 4. The van der Waals surface area contributed by atoms with Gasteiger partial charge < -0.3 is 4.74 Å². The van der Waals surface area contributed by atoms with Crippen molar-refractivity contribution >= 4 is 39.1 Å². The molecule has 0 aromatic heterocycles. The molecule has 1 saturated heterocycles. The normalized spacial score (nSPS) is 18.0. The van der Waals surface area contributed by atoms with E-state index in [-0.39, 0.29) is 12.0 Å². The number of carbonyl (C=O) groups excluding carboxylic acids is 1. The van der Waals surface area contributed by atoms with Crippen LogP contribution in [0.1, 0.15) is 44.4 Å². The lowest BCUT2D eigenvalue weighted by Crippen LogP contribution is -2.50. The van der Waals surface area contributed by atoms with Gasteiger partial charge in [-0.15, -0.1) is 0 Å². The summed E-state index contributed by atoms with van der Waals surface area (Å²) in [6.45, 7) is 6.55. The van der Waals surface area contributed by atoms with E-state index in [1.807, 2.05) is 60.7 Å². The zero-order chi connectivity index (χ0) is 28.5. The summed E-state index contributed by atoms with van der Waals surface area (Å²) in [5.74, 6) is -0.173. The number of sulfone groups is 1. The van der Waals surface area contributed by atoms with E-state index >= 15 is 0 Å². The molecule has 1 fully saturated rings. The monoisotopic (exact) mass is 588 g/mol. The van der Waals surface area contributed by atoms with Crippen LogP contribution in [-0.4, -0.2) is 56.3 Å². The smallest absolute Gasteiger partial charge is 0.414 e. The Morgan fingerprint density at radius 1 is 1.00 bits per heavy atom. The van der Waals surface area contributed by atoms with E-state index in [1.165, 1.54) is 11.2 Å². The van der Waals surface area contributed by atoms with Crippen molar-refractivity contribution in [2.75, 3.05) is 26.4 Å². The highest BCUT2D eigenvalue weighted by Gasteiger charge is 2.40. The summed E-state index contributed by atoms with van der Waals surface area (Å²) < 4.78 is 31.7. The number of carbonyl (C=O) groups is 1. The van der Waals surface area contributed by atoms with Gasteiger partial charge in [-0.05, 0) is 80.3 Å². The maximum absolute atomic E-state index is 13.1. The van der Waals surface area contributed by atoms with E-state index in [2.05, 4.69) is 4.90 Å². The van der Waals surface area contributed by atoms with Crippen molar-refractivity contribution < 1.29 is 17.9 Å². The highest BCUT2D eigenvalue weighted by atomic mass is 35.5. The quantitative estimate of drug-likeness (QED) is 0.362. The number of likely N-dealkylation sites (tertiary alicyclic amines) is 1. The van der Waals surface area contributed by atoms with Gasteiger partial charge in [0.25, 0.3) is 0 Å². The highest BCUT2D eigenvalue weighted by Crippen LogP contribution is 2.40. The first kappa shape index (κ1) is 29.4. The molecule has 208 valence electrons. The number of likely N-dealkylation sites (N-methyl/N-ethyl adjacent to an activating group) is 1. The Hall–Kier alpha value is -2.58. The second-order valence-electron chi connectivity index (χ2n) is 11.0. The van der Waals surface area contributed by atoms with Gasteiger partial charge in [0.15, 0.2) is 9.84 Å². The van der Waals surface area contributed by atoms with Crippen molar-refractivity contribution in [2.24, 2.45) is 5.92 Å². The molecule has 6 nitrogen and oxygen atoms in total. The highest BCUT2D eigenvalue weighted by molar-refractivity contribution is 7.94. The fraction of sp³-hybridized carbons (Fsp3) is 0.367. The molecule has 2 aromatic carbocycles. The first-order valence-corrected chi connectivity index (χ1v) is 15.4. The minimum Gasteiger partial charge on any atom is -0.443 e. The van der Waals surface area contributed by atoms with Gasteiger partial charge in [0, 0.05) is 48.1 Å². The largest absolute Gasteiger partial charge is 0.443 e. The van der Waals surface area contributed by atoms with Crippen LogP contribution >= 0.6 is 23.2 Å². The number of hydrogen-bond donors (Lipinski definition) is 0. The summed E-state index contributed by atoms with van der Waals surface area (Å²) in [4.78, 5) is 16.7. The molecule has 0 saturated carbocycles. The lowest BCUT2D eigenvalue weighted by molar-refractivity contribution is 0.0358. The van der Waals surface area contributed by atoms with Crippen molar-refractivity contribution in [2.45, 2.75) is 38.8 Å². The predicted octanol–water partition coefficient (Wildman–Crippen LogP) is 7.02. The van der Waals surface area contributed by atoms with Gasteiger partial charge in [-0.2, -0.15) is 0 Å². The van der Waals surface area contributed by atoms with E-state index < -0.39 is 21.5 Å². The molecular formula is C30H34Cl2N2O4S. The Morgan fingerprint density at radius 3 is 1.97 bits per heavy atom. The maximum Gasteiger partial charge on any atom is 0.414 e. The van der Waals surface area contributed by atoms with Crippen LogP contribution in [0.4, 0.5) is 4.79 Å². The molecular weight excluding hydrogens is 555 g/mol. The van der Waals surface area contributed by atoms with Crippen LogP contribution in [-0.2, 0) is 14.6 Å². The Balaban J connectivity index is 1.63. The van der Waals surface area contributed by atoms with Gasteiger partial charge in [-0.25, -0.2) is 13.2 Å². The molecule has 2 aromatic rings. The van der Waals surface area contributed by atoms with E-state index in [1.54, 1.807) is 33.9 Å².